The molecular formula is C27H28N4O2S. The minimum Gasteiger partial charge on any atom is -0.451 e. The summed E-state index contributed by atoms with van der Waals surface area (Å²) in [6.07, 6.45) is 7.28. The SMILES string of the molecule is CN(Cc1ccc(N2CCCCC2)cc1)C(=O)c1oc2ccccc2c1CSc1ncccn1. The van der Waals surface area contributed by atoms with Gasteiger partial charge in [0.25, 0.3) is 5.91 Å². The summed E-state index contributed by atoms with van der Waals surface area (Å²) in [4.78, 5) is 26.2. The molecule has 1 aliphatic rings. The van der Waals surface area contributed by atoms with Crippen LogP contribution in [-0.4, -0.2) is 40.9 Å². The smallest absolute Gasteiger partial charge is 0.289 e. The van der Waals surface area contributed by atoms with Crippen molar-refractivity contribution in [3.8, 4) is 0 Å². The fourth-order valence-corrected chi connectivity index (χ4v) is 5.23. The number of hydrogen-bond donors (Lipinski definition) is 0. The highest BCUT2D eigenvalue weighted by Gasteiger charge is 2.24. The summed E-state index contributed by atoms with van der Waals surface area (Å²) in [5.41, 5.74) is 3.96. The number of nitrogens with zero attached hydrogens (tertiary/aromatic N) is 4. The summed E-state index contributed by atoms with van der Waals surface area (Å²) in [6, 6.07) is 18.2. The lowest BCUT2D eigenvalue weighted by Gasteiger charge is -2.29. The molecule has 0 atom stereocenters. The van der Waals surface area contributed by atoms with Gasteiger partial charge in [-0.3, -0.25) is 4.79 Å². The largest absolute Gasteiger partial charge is 0.451 e. The zero-order valence-electron chi connectivity index (χ0n) is 19.3. The van der Waals surface area contributed by atoms with E-state index in [1.807, 2.05) is 31.3 Å². The van der Waals surface area contributed by atoms with E-state index in [0.717, 1.165) is 35.2 Å². The number of thioether (sulfide) groups is 1. The van der Waals surface area contributed by atoms with Gasteiger partial charge >= 0.3 is 0 Å². The van der Waals surface area contributed by atoms with Gasteiger partial charge in [-0.2, -0.15) is 0 Å². The molecule has 0 bridgehead atoms. The number of carbonyl (C=O) groups excluding carboxylic acids is 1. The van der Waals surface area contributed by atoms with Crippen molar-refractivity contribution in [2.24, 2.45) is 0 Å². The molecule has 3 heterocycles. The normalized spacial score (nSPS) is 13.9. The fraction of sp³-hybridized carbons (Fsp3) is 0.296. The lowest BCUT2D eigenvalue weighted by Crippen LogP contribution is -2.29. The van der Waals surface area contributed by atoms with Gasteiger partial charge in [0.1, 0.15) is 5.58 Å². The Hall–Kier alpha value is -3.32. The molecule has 6 nitrogen and oxygen atoms in total. The van der Waals surface area contributed by atoms with Crippen LogP contribution in [0.5, 0.6) is 0 Å². The third kappa shape index (κ3) is 4.94. The third-order valence-electron chi connectivity index (χ3n) is 6.20. The van der Waals surface area contributed by atoms with E-state index in [9.17, 15) is 4.79 Å². The second-order valence-corrected chi connectivity index (χ2v) is 9.54. The Kier molecular flexibility index (Phi) is 6.81. The van der Waals surface area contributed by atoms with Crippen LogP contribution in [0.3, 0.4) is 0 Å². The number of fused-ring (bicyclic) bond motifs is 1. The zero-order valence-corrected chi connectivity index (χ0v) is 20.1. The Morgan fingerprint density at radius 3 is 2.50 bits per heavy atom. The van der Waals surface area contributed by atoms with Gasteiger partial charge in [-0.25, -0.2) is 9.97 Å². The van der Waals surface area contributed by atoms with Crippen molar-refractivity contribution in [2.45, 2.75) is 36.7 Å². The number of piperidine rings is 1. The highest BCUT2D eigenvalue weighted by Crippen LogP contribution is 2.32. The first kappa shape index (κ1) is 22.5. The van der Waals surface area contributed by atoms with Gasteiger partial charge in [0.05, 0.1) is 0 Å². The van der Waals surface area contributed by atoms with Gasteiger partial charge in [0, 0.05) is 61.5 Å². The van der Waals surface area contributed by atoms with E-state index in [1.54, 1.807) is 23.4 Å². The molecule has 1 amide bonds. The molecule has 174 valence electrons. The summed E-state index contributed by atoms with van der Waals surface area (Å²) in [6.45, 7) is 2.77. The summed E-state index contributed by atoms with van der Waals surface area (Å²) >= 11 is 1.50. The Bertz CT molecular complexity index is 1250. The van der Waals surface area contributed by atoms with Crippen molar-refractivity contribution in [3.05, 3.63) is 83.9 Å². The number of hydrogen-bond acceptors (Lipinski definition) is 6. The first-order chi connectivity index (χ1) is 16.7. The maximum Gasteiger partial charge on any atom is 0.289 e. The standard InChI is InChI=1S/C27H28N4O2S/c1-30(18-20-10-12-21(13-11-20)31-16-5-2-6-17-31)26(32)25-23(19-34-27-28-14-7-15-29-27)22-8-3-4-9-24(22)33-25/h3-4,7-15H,2,5-6,16-19H2,1H3. The number of para-hydroxylation sites is 1. The molecule has 4 aromatic rings. The quantitative estimate of drug-likeness (QED) is 0.251. The molecule has 0 spiro atoms. The summed E-state index contributed by atoms with van der Waals surface area (Å²) in [5, 5.41) is 1.63. The molecular weight excluding hydrogens is 444 g/mol. The van der Waals surface area contributed by atoms with E-state index >= 15 is 0 Å². The van der Waals surface area contributed by atoms with Crippen LogP contribution in [0.1, 0.15) is 40.9 Å². The average molecular weight is 473 g/mol. The number of rotatable bonds is 7. The van der Waals surface area contributed by atoms with Crippen molar-refractivity contribution in [1.29, 1.82) is 0 Å². The fourth-order valence-electron chi connectivity index (χ4n) is 4.39. The van der Waals surface area contributed by atoms with E-state index in [-0.39, 0.29) is 5.91 Å². The lowest BCUT2D eigenvalue weighted by molar-refractivity contribution is 0.0754. The van der Waals surface area contributed by atoms with Crippen LogP contribution >= 0.6 is 11.8 Å². The molecule has 0 aliphatic carbocycles. The topological polar surface area (TPSA) is 62.5 Å². The number of carbonyl (C=O) groups is 1. The molecule has 7 heteroatoms. The molecule has 1 aliphatic heterocycles. The predicted molar refractivity (Wildman–Crippen MR) is 136 cm³/mol. The second kappa shape index (κ2) is 10.3. The number of aromatic nitrogens is 2. The van der Waals surface area contributed by atoms with Crippen molar-refractivity contribution in [3.63, 3.8) is 0 Å². The van der Waals surface area contributed by atoms with Crippen LogP contribution in [0.4, 0.5) is 5.69 Å². The maximum absolute atomic E-state index is 13.4. The van der Waals surface area contributed by atoms with E-state index in [4.69, 9.17) is 4.42 Å². The highest BCUT2D eigenvalue weighted by atomic mass is 32.2. The number of furan rings is 1. The summed E-state index contributed by atoms with van der Waals surface area (Å²) in [7, 11) is 1.82. The van der Waals surface area contributed by atoms with Crippen LogP contribution in [-0.2, 0) is 12.3 Å². The zero-order chi connectivity index (χ0) is 23.3. The molecule has 0 radical (unpaired) electrons. The molecule has 1 fully saturated rings. The van der Waals surface area contributed by atoms with E-state index in [0.29, 0.717) is 23.2 Å². The van der Waals surface area contributed by atoms with Crippen molar-refractivity contribution < 1.29 is 9.21 Å². The summed E-state index contributed by atoms with van der Waals surface area (Å²) in [5.74, 6) is 0.818. The number of anilines is 1. The van der Waals surface area contributed by atoms with Gasteiger partial charge in [-0.05, 0) is 49.1 Å². The van der Waals surface area contributed by atoms with Crippen LogP contribution in [0.25, 0.3) is 11.0 Å². The molecule has 0 saturated carbocycles. The highest BCUT2D eigenvalue weighted by molar-refractivity contribution is 7.98. The van der Waals surface area contributed by atoms with Gasteiger partial charge < -0.3 is 14.2 Å². The van der Waals surface area contributed by atoms with Gasteiger partial charge in [0.15, 0.2) is 10.9 Å². The number of benzene rings is 2. The monoisotopic (exact) mass is 472 g/mol. The minimum atomic E-state index is -0.124. The number of amides is 1. The Balaban J connectivity index is 1.33. The molecule has 34 heavy (non-hydrogen) atoms. The Labute approximate surface area is 204 Å². The second-order valence-electron chi connectivity index (χ2n) is 8.60. The van der Waals surface area contributed by atoms with Crippen LogP contribution < -0.4 is 4.90 Å². The van der Waals surface area contributed by atoms with Gasteiger partial charge in [-0.1, -0.05) is 42.1 Å². The molecule has 0 unspecified atom stereocenters. The average Bonchev–Trinajstić information content (AvgIpc) is 3.27. The molecule has 2 aromatic heterocycles. The lowest BCUT2D eigenvalue weighted by atomic mass is 10.1. The van der Waals surface area contributed by atoms with E-state index in [1.165, 1.54) is 36.7 Å². The van der Waals surface area contributed by atoms with Crippen LogP contribution in [0.2, 0.25) is 0 Å². The minimum absolute atomic E-state index is 0.124. The van der Waals surface area contributed by atoms with E-state index < -0.39 is 0 Å². The summed E-state index contributed by atoms with van der Waals surface area (Å²) < 4.78 is 6.05. The van der Waals surface area contributed by atoms with Crippen LogP contribution in [0.15, 0.2) is 76.6 Å². The molecule has 0 N–H and O–H groups in total. The molecule has 1 saturated heterocycles. The first-order valence-electron chi connectivity index (χ1n) is 11.7. The van der Waals surface area contributed by atoms with Crippen molar-refractivity contribution in [2.75, 3.05) is 25.0 Å². The maximum atomic E-state index is 13.4. The first-order valence-corrected chi connectivity index (χ1v) is 12.7. The van der Waals surface area contributed by atoms with Crippen molar-refractivity contribution >= 4 is 34.3 Å². The Morgan fingerprint density at radius 1 is 1.00 bits per heavy atom. The predicted octanol–water partition coefficient (Wildman–Crippen LogP) is 5.78. The molecule has 5 rings (SSSR count). The van der Waals surface area contributed by atoms with E-state index in [2.05, 4.69) is 39.1 Å². The van der Waals surface area contributed by atoms with Gasteiger partial charge in [0.2, 0.25) is 0 Å². The molecule has 2 aromatic carbocycles. The Morgan fingerprint density at radius 2 is 1.74 bits per heavy atom. The third-order valence-corrected chi connectivity index (χ3v) is 7.11. The van der Waals surface area contributed by atoms with Crippen molar-refractivity contribution in [1.82, 2.24) is 14.9 Å². The van der Waals surface area contributed by atoms with Gasteiger partial charge in [-0.15, -0.1) is 0 Å². The van der Waals surface area contributed by atoms with Crippen LogP contribution in [0, 0.1) is 0 Å².